The molecule has 0 rings (SSSR count). The van der Waals surface area contributed by atoms with Crippen molar-refractivity contribution in [2.45, 2.75) is 24.4 Å². The molecule has 0 radical (unpaired) electrons. The van der Waals surface area contributed by atoms with E-state index in [0.717, 1.165) is 7.11 Å². The molecule has 4 atom stereocenters. The number of ether oxygens (including phenoxy) is 1. The van der Waals surface area contributed by atoms with Crippen molar-refractivity contribution in [2.75, 3.05) is 7.11 Å². The van der Waals surface area contributed by atoms with Gasteiger partial charge in [-0.25, -0.2) is 9.59 Å². The van der Waals surface area contributed by atoms with Gasteiger partial charge in [0.15, 0.2) is 12.2 Å². The molecule has 5 N–H and O–H groups in total. The minimum atomic E-state index is -2.31. The Hall–Kier alpha value is -1.22. The highest BCUT2D eigenvalue weighted by Gasteiger charge is 2.37. The van der Waals surface area contributed by atoms with Gasteiger partial charge in [0.2, 0.25) is 0 Å². The normalized spacial score (nSPS) is 18.7. The van der Waals surface area contributed by atoms with Gasteiger partial charge in [-0.1, -0.05) is 0 Å². The number of aliphatic hydroxyl groups excluding tert-OH is 4. The molecule has 0 fully saturated rings. The second-order valence-corrected chi connectivity index (χ2v) is 2.73. The lowest BCUT2D eigenvalue weighted by Gasteiger charge is -2.22. The second kappa shape index (κ2) is 5.61. The van der Waals surface area contributed by atoms with E-state index in [2.05, 4.69) is 4.74 Å². The smallest absolute Gasteiger partial charge is 0.337 e. The lowest BCUT2D eigenvalue weighted by Crippen LogP contribution is -2.50. The summed E-state index contributed by atoms with van der Waals surface area (Å²) in [6.45, 7) is 0. The molecule has 88 valence electrons. The molecule has 0 aliphatic rings. The van der Waals surface area contributed by atoms with Crippen molar-refractivity contribution in [3.63, 3.8) is 0 Å². The molecular formula is C7H12O8. The van der Waals surface area contributed by atoms with Crippen LogP contribution >= 0.6 is 0 Å². The van der Waals surface area contributed by atoms with Crippen LogP contribution in [0.25, 0.3) is 0 Å². The number of carbonyl (C=O) groups is 2. The fourth-order valence-corrected chi connectivity index (χ4v) is 0.780. The van der Waals surface area contributed by atoms with E-state index >= 15 is 0 Å². The molecule has 0 heterocycles. The highest BCUT2D eigenvalue weighted by molar-refractivity contribution is 5.76. The van der Waals surface area contributed by atoms with E-state index in [1.165, 1.54) is 0 Å². The molecule has 0 spiro atoms. The summed E-state index contributed by atoms with van der Waals surface area (Å²) in [5.74, 6) is -3.04. The fraction of sp³-hybridized carbons (Fsp3) is 0.714. The van der Waals surface area contributed by atoms with Gasteiger partial charge in [-0.2, -0.15) is 0 Å². The summed E-state index contributed by atoms with van der Waals surface area (Å²) in [6.07, 6.45) is -8.78. The highest BCUT2D eigenvalue weighted by Crippen LogP contribution is 2.06. The zero-order valence-corrected chi connectivity index (χ0v) is 7.77. The number of aliphatic hydroxyl groups is 4. The Bertz CT molecular complexity index is 239. The van der Waals surface area contributed by atoms with E-state index in [1.807, 2.05) is 0 Å². The number of methoxy groups -OCH3 is 1. The van der Waals surface area contributed by atoms with Gasteiger partial charge in [0.1, 0.15) is 12.2 Å². The highest BCUT2D eigenvalue weighted by atomic mass is 16.5. The molecule has 15 heavy (non-hydrogen) atoms. The van der Waals surface area contributed by atoms with Crippen molar-refractivity contribution in [2.24, 2.45) is 0 Å². The van der Waals surface area contributed by atoms with Gasteiger partial charge >= 0.3 is 11.9 Å². The third-order valence-corrected chi connectivity index (χ3v) is 1.69. The first-order valence-corrected chi connectivity index (χ1v) is 3.85. The molecule has 8 nitrogen and oxygen atoms in total. The first-order valence-electron chi connectivity index (χ1n) is 3.85. The Morgan fingerprint density at radius 2 is 1.40 bits per heavy atom. The minimum absolute atomic E-state index is 0.929. The van der Waals surface area contributed by atoms with Gasteiger partial charge in [0, 0.05) is 0 Å². The van der Waals surface area contributed by atoms with Crippen LogP contribution < -0.4 is 0 Å². The Morgan fingerprint density at radius 3 is 1.73 bits per heavy atom. The summed E-state index contributed by atoms with van der Waals surface area (Å²) < 4.78 is 4.03. The number of hydrogen-bond acceptors (Lipinski definition) is 7. The molecule has 0 aromatic rings. The predicted octanol–water partition coefficient (Wildman–Crippen LogP) is -3.31. The minimum Gasteiger partial charge on any atom is -0.479 e. The number of esters is 1. The van der Waals surface area contributed by atoms with E-state index in [0.29, 0.717) is 0 Å². The van der Waals surface area contributed by atoms with Crippen LogP contribution in [0.4, 0.5) is 0 Å². The van der Waals surface area contributed by atoms with Gasteiger partial charge in [-0.15, -0.1) is 0 Å². The lowest BCUT2D eigenvalue weighted by atomic mass is 10.0. The maximum Gasteiger partial charge on any atom is 0.337 e. The molecule has 0 unspecified atom stereocenters. The van der Waals surface area contributed by atoms with Crippen LogP contribution in [-0.4, -0.2) is 69.0 Å². The van der Waals surface area contributed by atoms with Crippen molar-refractivity contribution in [1.29, 1.82) is 0 Å². The van der Waals surface area contributed by atoms with E-state index < -0.39 is 36.4 Å². The predicted molar refractivity (Wildman–Crippen MR) is 43.7 cm³/mol. The Labute approximate surface area is 84.3 Å². The van der Waals surface area contributed by atoms with Gasteiger partial charge in [-0.3, -0.25) is 0 Å². The van der Waals surface area contributed by atoms with Crippen molar-refractivity contribution in [3.8, 4) is 0 Å². The summed E-state index contributed by atoms with van der Waals surface area (Å²) in [5.41, 5.74) is 0. The van der Waals surface area contributed by atoms with Crippen LogP contribution in [0, 0.1) is 0 Å². The monoisotopic (exact) mass is 224 g/mol. The topological polar surface area (TPSA) is 145 Å². The molecule has 0 amide bonds. The van der Waals surface area contributed by atoms with Gasteiger partial charge < -0.3 is 30.3 Å². The molecule has 0 aliphatic heterocycles. The lowest BCUT2D eigenvalue weighted by molar-refractivity contribution is -0.174. The zero-order valence-electron chi connectivity index (χ0n) is 7.77. The maximum absolute atomic E-state index is 10.7. The zero-order chi connectivity index (χ0) is 12.2. The van der Waals surface area contributed by atoms with Crippen LogP contribution in [-0.2, 0) is 14.3 Å². The maximum atomic E-state index is 10.7. The third-order valence-electron chi connectivity index (χ3n) is 1.69. The first-order chi connectivity index (χ1) is 6.82. The quantitative estimate of drug-likeness (QED) is 0.305. The molecule has 0 saturated carbocycles. The van der Waals surface area contributed by atoms with E-state index in [-0.39, 0.29) is 0 Å². The van der Waals surface area contributed by atoms with Crippen molar-refractivity contribution in [3.05, 3.63) is 0 Å². The number of carbonyl (C=O) groups excluding carboxylic acids is 1. The number of hydrogen-bond donors (Lipinski definition) is 5. The van der Waals surface area contributed by atoms with Crippen molar-refractivity contribution in [1.82, 2.24) is 0 Å². The summed E-state index contributed by atoms with van der Waals surface area (Å²) in [5, 5.41) is 44.2. The van der Waals surface area contributed by atoms with Gasteiger partial charge in [0.25, 0.3) is 0 Å². The van der Waals surface area contributed by atoms with Crippen LogP contribution in [0.5, 0.6) is 0 Å². The van der Waals surface area contributed by atoms with Crippen molar-refractivity contribution >= 4 is 11.9 Å². The molecule has 0 aromatic heterocycles. The third kappa shape index (κ3) is 3.44. The van der Waals surface area contributed by atoms with E-state index in [9.17, 15) is 9.59 Å². The number of aliphatic carboxylic acids is 1. The van der Waals surface area contributed by atoms with E-state index in [1.54, 1.807) is 0 Å². The Morgan fingerprint density at radius 1 is 1.00 bits per heavy atom. The average Bonchev–Trinajstić information content (AvgIpc) is 2.23. The molecule has 8 heteroatoms. The second-order valence-electron chi connectivity index (χ2n) is 2.73. The van der Waals surface area contributed by atoms with Crippen LogP contribution in [0.3, 0.4) is 0 Å². The summed E-state index contributed by atoms with van der Waals surface area (Å²) >= 11 is 0. The van der Waals surface area contributed by atoms with Crippen LogP contribution in [0.2, 0.25) is 0 Å². The summed E-state index contributed by atoms with van der Waals surface area (Å²) in [6, 6.07) is 0. The standard InChI is InChI=1S/C7H12O8/c1-15-7(14)5(11)3(9)2(8)4(10)6(12)13/h2-5,8-11H,1H3,(H,12,13)/t2-,3+,4-,5-/m0/s1. The SMILES string of the molecule is COC(=O)[C@@H](O)[C@H](O)[C@H](O)[C@H](O)C(=O)O. The van der Waals surface area contributed by atoms with Gasteiger partial charge in [-0.05, 0) is 0 Å². The molecule has 0 bridgehead atoms. The molecular weight excluding hydrogens is 212 g/mol. The molecule has 0 aliphatic carbocycles. The van der Waals surface area contributed by atoms with E-state index in [4.69, 9.17) is 25.5 Å². The number of rotatable bonds is 5. The number of carboxylic acids is 1. The van der Waals surface area contributed by atoms with Gasteiger partial charge in [0.05, 0.1) is 7.11 Å². The molecule has 0 saturated heterocycles. The molecule has 0 aromatic carbocycles. The van der Waals surface area contributed by atoms with Crippen molar-refractivity contribution < 1.29 is 39.9 Å². The number of carboxylic acid groups (broad SMARTS) is 1. The largest absolute Gasteiger partial charge is 0.479 e. The van der Waals surface area contributed by atoms with Crippen LogP contribution in [0.15, 0.2) is 0 Å². The summed E-state index contributed by atoms with van der Waals surface area (Å²) in [4.78, 5) is 20.9. The Kier molecular flexibility index (Phi) is 5.15. The summed E-state index contributed by atoms with van der Waals surface area (Å²) in [7, 11) is 0.929. The first kappa shape index (κ1) is 13.8. The Balaban J connectivity index is 4.49. The fourth-order valence-electron chi connectivity index (χ4n) is 0.780. The van der Waals surface area contributed by atoms with Crippen LogP contribution in [0.1, 0.15) is 0 Å². The average molecular weight is 224 g/mol.